The van der Waals surface area contributed by atoms with E-state index in [4.69, 9.17) is 9.47 Å². The molecule has 22 heavy (non-hydrogen) atoms. The second-order valence-electron chi connectivity index (χ2n) is 4.60. The molecule has 0 saturated carbocycles. The molecule has 1 aromatic carbocycles. The van der Waals surface area contributed by atoms with Gasteiger partial charge in [-0.2, -0.15) is 10.1 Å². The number of rotatable bonds is 4. The van der Waals surface area contributed by atoms with Crippen molar-refractivity contribution in [3.05, 3.63) is 48.3 Å². The number of hydrogen-bond donors (Lipinski definition) is 0. The molecule has 0 atom stereocenters. The molecule has 0 saturated heterocycles. The predicted octanol–water partition coefficient (Wildman–Crippen LogP) is 2.61. The highest BCUT2D eigenvalue weighted by atomic mass is 16.5. The fourth-order valence-electron chi connectivity index (χ4n) is 2.19. The minimum Gasteiger partial charge on any atom is -0.480 e. The number of nitrogens with zero attached hydrogens (tertiary/aromatic N) is 3. The molecule has 6 nitrogen and oxygen atoms in total. The number of carbonyl (C=O) groups excluding carboxylic acids is 1. The summed E-state index contributed by atoms with van der Waals surface area (Å²) in [5.74, 6) is 0.689. The maximum absolute atomic E-state index is 11.7. The van der Waals surface area contributed by atoms with Gasteiger partial charge in [0.15, 0.2) is 5.82 Å². The third-order valence-corrected chi connectivity index (χ3v) is 3.21. The van der Waals surface area contributed by atoms with Gasteiger partial charge in [0, 0.05) is 11.6 Å². The largest absolute Gasteiger partial charge is 0.480 e. The van der Waals surface area contributed by atoms with Gasteiger partial charge >= 0.3 is 5.97 Å². The molecule has 2 heterocycles. The molecular formula is C16H15N3O3. The fourth-order valence-corrected chi connectivity index (χ4v) is 2.19. The van der Waals surface area contributed by atoms with Gasteiger partial charge in [-0.1, -0.05) is 18.2 Å². The summed E-state index contributed by atoms with van der Waals surface area (Å²) in [5.41, 5.74) is 0.385. The summed E-state index contributed by atoms with van der Waals surface area (Å²) in [6.07, 6.45) is 3.05. The average Bonchev–Trinajstić information content (AvgIpc) is 3.04. The van der Waals surface area contributed by atoms with E-state index < -0.39 is 5.97 Å². The zero-order chi connectivity index (χ0) is 15.5. The van der Waals surface area contributed by atoms with Crippen LogP contribution in [-0.4, -0.2) is 34.5 Å². The molecule has 0 aliphatic carbocycles. The molecule has 0 radical (unpaired) electrons. The smallest absolute Gasteiger partial charge is 0.341 e. The molecule has 0 N–H and O–H groups in total. The van der Waals surface area contributed by atoms with E-state index in [1.54, 1.807) is 20.2 Å². The lowest BCUT2D eigenvalue weighted by Gasteiger charge is -2.07. The Hall–Kier alpha value is -2.89. The number of fused-ring (bicyclic) bond motifs is 1. The van der Waals surface area contributed by atoms with E-state index in [0.29, 0.717) is 23.9 Å². The normalized spacial score (nSPS) is 10.6. The maximum atomic E-state index is 11.7. The van der Waals surface area contributed by atoms with Crippen LogP contribution < -0.4 is 4.74 Å². The molecule has 0 unspecified atom stereocenters. The van der Waals surface area contributed by atoms with Crippen molar-refractivity contribution in [1.29, 1.82) is 0 Å². The summed E-state index contributed by atoms with van der Waals surface area (Å²) in [6, 6.07) is 9.67. The highest BCUT2D eigenvalue weighted by molar-refractivity contribution is 5.89. The summed E-state index contributed by atoms with van der Waals surface area (Å²) < 4.78 is 11.8. The molecule has 3 aromatic rings. The average molecular weight is 297 g/mol. The van der Waals surface area contributed by atoms with E-state index in [-0.39, 0.29) is 0 Å². The van der Waals surface area contributed by atoms with Crippen LogP contribution in [0.5, 0.6) is 5.88 Å². The van der Waals surface area contributed by atoms with Gasteiger partial charge in [-0.05, 0) is 24.4 Å². The molecule has 0 bridgehead atoms. The third kappa shape index (κ3) is 2.50. The Morgan fingerprint density at radius 1 is 1.32 bits per heavy atom. The topological polar surface area (TPSA) is 66.2 Å². The molecule has 6 heteroatoms. The first-order chi connectivity index (χ1) is 10.7. The lowest BCUT2D eigenvalue weighted by atomic mass is 10.1. The van der Waals surface area contributed by atoms with Crippen LogP contribution in [0, 0.1) is 0 Å². The summed E-state index contributed by atoms with van der Waals surface area (Å²) >= 11 is 0. The number of ether oxygens (including phenoxy) is 2. The Bertz CT molecular complexity index is 826. The zero-order valence-electron chi connectivity index (χ0n) is 12.3. The predicted molar refractivity (Wildman–Crippen MR) is 81.4 cm³/mol. The quantitative estimate of drug-likeness (QED) is 0.692. The zero-order valence-corrected chi connectivity index (χ0v) is 12.3. The van der Waals surface area contributed by atoms with E-state index in [2.05, 4.69) is 10.1 Å². The number of methoxy groups -OCH3 is 1. The molecule has 0 aliphatic rings. The van der Waals surface area contributed by atoms with E-state index in [9.17, 15) is 4.79 Å². The summed E-state index contributed by atoms with van der Waals surface area (Å²) in [4.78, 5) is 16.1. The SMILES string of the molecule is CCOC(=O)c1cnn(-c2cc3ccccc3c(OC)n2)c1. The van der Waals surface area contributed by atoms with Crippen molar-refractivity contribution in [2.45, 2.75) is 6.92 Å². The standard InChI is InChI=1S/C16H15N3O3/c1-3-22-16(20)12-9-17-19(10-12)14-8-11-6-4-5-7-13(11)15(18-14)21-2/h4-10H,3H2,1-2H3. The second-order valence-corrected chi connectivity index (χ2v) is 4.60. The number of aromatic nitrogens is 3. The van der Waals surface area contributed by atoms with Crippen LogP contribution in [0.2, 0.25) is 0 Å². The van der Waals surface area contributed by atoms with Crippen LogP contribution in [0.15, 0.2) is 42.7 Å². The number of hydrogen-bond acceptors (Lipinski definition) is 5. The van der Waals surface area contributed by atoms with E-state index in [1.807, 2.05) is 30.3 Å². The Labute approximate surface area is 127 Å². The first-order valence-corrected chi connectivity index (χ1v) is 6.89. The van der Waals surface area contributed by atoms with Crippen molar-refractivity contribution in [3.63, 3.8) is 0 Å². The summed E-state index contributed by atoms with van der Waals surface area (Å²) in [5, 5.41) is 6.08. The van der Waals surface area contributed by atoms with Crippen LogP contribution in [0.3, 0.4) is 0 Å². The van der Waals surface area contributed by atoms with Gasteiger partial charge in [0.2, 0.25) is 5.88 Å². The van der Waals surface area contributed by atoms with Crippen LogP contribution in [0.25, 0.3) is 16.6 Å². The summed E-state index contributed by atoms with van der Waals surface area (Å²) in [6.45, 7) is 2.09. The number of benzene rings is 1. The minimum absolute atomic E-state index is 0.325. The third-order valence-electron chi connectivity index (χ3n) is 3.21. The van der Waals surface area contributed by atoms with Crippen LogP contribution in [0.1, 0.15) is 17.3 Å². The van der Waals surface area contributed by atoms with E-state index in [1.165, 1.54) is 10.9 Å². The van der Waals surface area contributed by atoms with Crippen molar-refractivity contribution in [2.75, 3.05) is 13.7 Å². The number of pyridine rings is 1. The Morgan fingerprint density at radius 2 is 2.14 bits per heavy atom. The molecule has 3 rings (SSSR count). The van der Waals surface area contributed by atoms with Gasteiger partial charge in [-0.3, -0.25) is 0 Å². The number of carbonyl (C=O) groups is 1. The van der Waals surface area contributed by atoms with Crippen LogP contribution in [0.4, 0.5) is 0 Å². The Kier molecular flexibility index (Phi) is 3.74. The molecule has 112 valence electrons. The maximum Gasteiger partial charge on any atom is 0.341 e. The van der Waals surface area contributed by atoms with Crippen molar-refractivity contribution >= 4 is 16.7 Å². The molecule has 0 fully saturated rings. The van der Waals surface area contributed by atoms with Crippen LogP contribution in [-0.2, 0) is 4.74 Å². The molecule has 0 spiro atoms. The monoisotopic (exact) mass is 297 g/mol. The number of esters is 1. The Morgan fingerprint density at radius 3 is 2.91 bits per heavy atom. The van der Waals surface area contributed by atoms with Gasteiger partial charge in [0.1, 0.15) is 0 Å². The van der Waals surface area contributed by atoms with Crippen molar-refractivity contribution in [3.8, 4) is 11.7 Å². The van der Waals surface area contributed by atoms with E-state index >= 15 is 0 Å². The van der Waals surface area contributed by atoms with Gasteiger partial charge in [-0.25, -0.2) is 9.48 Å². The lowest BCUT2D eigenvalue weighted by Crippen LogP contribution is -2.04. The van der Waals surface area contributed by atoms with Crippen LogP contribution >= 0.6 is 0 Å². The van der Waals surface area contributed by atoms with Gasteiger partial charge in [0.25, 0.3) is 0 Å². The fraction of sp³-hybridized carbons (Fsp3) is 0.188. The highest BCUT2D eigenvalue weighted by Crippen LogP contribution is 2.25. The first kappa shape index (κ1) is 14.1. The van der Waals surface area contributed by atoms with Crippen molar-refractivity contribution < 1.29 is 14.3 Å². The molecular weight excluding hydrogens is 282 g/mol. The highest BCUT2D eigenvalue weighted by Gasteiger charge is 2.12. The van der Waals surface area contributed by atoms with Crippen molar-refractivity contribution in [1.82, 2.24) is 14.8 Å². The Balaban J connectivity index is 2.05. The molecule has 0 aliphatic heterocycles. The van der Waals surface area contributed by atoms with Crippen molar-refractivity contribution in [2.24, 2.45) is 0 Å². The molecule has 0 amide bonds. The van der Waals surface area contributed by atoms with Gasteiger partial charge in [-0.15, -0.1) is 0 Å². The summed E-state index contributed by atoms with van der Waals surface area (Å²) in [7, 11) is 1.58. The van der Waals surface area contributed by atoms with Gasteiger partial charge < -0.3 is 9.47 Å². The van der Waals surface area contributed by atoms with E-state index in [0.717, 1.165) is 10.8 Å². The second kappa shape index (κ2) is 5.85. The van der Waals surface area contributed by atoms with Gasteiger partial charge in [0.05, 0.1) is 25.5 Å². The molecule has 2 aromatic heterocycles. The lowest BCUT2D eigenvalue weighted by molar-refractivity contribution is 0.0526. The first-order valence-electron chi connectivity index (χ1n) is 6.89. The minimum atomic E-state index is -0.401.